The fraction of sp³-hybridized carbons (Fsp3) is 0.154. The maximum Gasteiger partial charge on any atom is 0.308 e. The van der Waals surface area contributed by atoms with Crippen molar-refractivity contribution in [3.63, 3.8) is 0 Å². The van der Waals surface area contributed by atoms with E-state index in [1.54, 1.807) is 42.5 Å². The monoisotopic (exact) mass is 502 g/mol. The Hall–Kier alpha value is -5.06. The molecule has 37 heavy (non-hydrogen) atoms. The van der Waals surface area contributed by atoms with Gasteiger partial charge in [0.15, 0.2) is 0 Å². The van der Waals surface area contributed by atoms with Gasteiger partial charge in [0.1, 0.15) is 5.75 Å². The molecule has 11 heteroatoms. The number of amides is 2. The van der Waals surface area contributed by atoms with Crippen molar-refractivity contribution in [2.45, 2.75) is 27.0 Å². The minimum atomic E-state index is -0.988. The Morgan fingerprint density at radius 1 is 1.05 bits per heavy atom. The molecule has 1 aliphatic heterocycles. The number of nitro benzene ring substituents is 1. The van der Waals surface area contributed by atoms with E-state index >= 15 is 0 Å². The summed E-state index contributed by atoms with van der Waals surface area (Å²) < 4.78 is 11.1. The van der Waals surface area contributed by atoms with E-state index in [4.69, 9.17) is 9.47 Å². The number of hydrazone groups is 1. The Labute approximate surface area is 211 Å². The largest absolute Gasteiger partial charge is 0.446 e. The van der Waals surface area contributed by atoms with Gasteiger partial charge in [0, 0.05) is 42.8 Å². The third-order valence-electron chi connectivity index (χ3n) is 5.36. The molecule has 0 radical (unpaired) electrons. The summed E-state index contributed by atoms with van der Waals surface area (Å²) in [5.41, 5.74) is 2.30. The van der Waals surface area contributed by atoms with E-state index in [0.717, 1.165) is 16.6 Å². The first-order valence-electron chi connectivity index (χ1n) is 11.1. The first-order valence-corrected chi connectivity index (χ1v) is 11.1. The van der Waals surface area contributed by atoms with Crippen molar-refractivity contribution in [1.82, 2.24) is 5.01 Å². The Morgan fingerprint density at radius 3 is 2.41 bits per heavy atom. The molecule has 1 aliphatic rings. The number of nitrogens with zero attached hydrogens (tertiary/aromatic N) is 3. The number of nitrogens with one attached hydrogen (secondary N) is 1. The Morgan fingerprint density at radius 2 is 1.78 bits per heavy atom. The van der Waals surface area contributed by atoms with Crippen LogP contribution < -0.4 is 10.1 Å². The summed E-state index contributed by atoms with van der Waals surface area (Å²) in [7, 11) is 0. The lowest BCUT2D eigenvalue weighted by Crippen LogP contribution is -2.25. The minimum absolute atomic E-state index is 0.00443. The van der Waals surface area contributed by atoms with Crippen molar-refractivity contribution >= 4 is 35.1 Å². The predicted octanol–water partition coefficient (Wildman–Crippen LogP) is 4.32. The molecule has 0 aliphatic carbocycles. The lowest BCUT2D eigenvalue weighted by Gasteiger charge is -2.19. The van der Waals surface area contributed by atoms with Crippen LogP contribution in [-0.2, 0) is 14.3 Å². The van der Waals surface area contributed by atoms with Gasteiger partial charge < -0.3 is 14.8 Å². The predicted molar refractivity (Wildman–Crippen MR) is 133 cm³/mol. The average Bonchev–Trinajstić information content (AvgIpc) is 3.30. The highest BCUT2D eigenvalue weighted by atomic mass is 16.6. The summed E-state index contributed by atoms with van der Waals surface area (Å²) >= 11 is 0. The molecule has 0 aromatic heterocycles. The van der Waals surface area contributed by atoms with E-state index in [2.05, 4.69) is 10.4 Å². The number of esters is 1. The van der Waals surface area contributed by atoms with Crippen LogP contribution in [0.2, 0.25) is 0 Å². The normalized spacial score (nSPS) is 14.4. The van der Waals surface area contributed by atoms with Gasteiger partial charge in [0.05, 0.1) is 10.5 Å². The van der Waals surface area contributed by atoms with E-state index in [0.29, 0.717) is 16.8 Å². The summed E-state index contributed by atoms with van der Waals surface area (Å²) in [6.07, 6.45) is -0.988. The van der Waals surface area contributed by atoms with Crippen LogP contribution in [0.15, 0.2) is 71.8 Å². The van der Waals surface area contributed by atoms with Gasteiger partial charge in [0.2, 0.25) is 18.0 Å². The lowest BCUT2D eigenvalue weighted by atomic mass is 10.1. The number of hydrogen-bond acceptors (Lipinski definition) is 8. The Bertz CT molecular complexity index is 1430. The second-order valence-corrected chi connectivity index (χ2v) is 8.22. The smallest absolute Gasteiger partial charge is 0.308 e. The highest BCUT2D eigenvalue weighted by Gasteiger charge is 2.35. The van der Waals surface area contributed by atoms with Crippen molar-refractivity contribution in [3.8, 4) is 5.75 Å². The number of nitro groups is 1. The van der Waals surface area contributed by atoms with Crippen molar-refractivity contribution in [2.75, 3.05) is 5.32 Å². The van der Waals surface area contributed by atoms with Gasteiger partial charge in [-0.2, -0.15) is 5.01 Å². The molecular weight excluding hydrogens is 480 g/mol. The Kier molecular flexibility index (Phi) is 6.96. The standard InChI is InChI=1S/C26H22N4O7/c1-15-5-4-6-19(13-15)24(33)27-20-9-7-18(8-10-20)26-29(16(2)31)28-25(37-26)22-14-21(30(34)35)11-12-23(22)36-17(3)32/h4-14,26H,1-3H3,(H,27,33)/t26-/m0/s1. The first-order chi connectivity index (χ1) is 17.6. The van der Waals surface area contributed by atoms with E-state index in [1.807, 2.05) is 13.0 Å². The number of carbonyl (C=O) groups is 3. The highest BCUT2D eigenvalue weighted by Crippen LogP contribution is 2.34. The van der Waals surface area contributed by atoms with E-state index < -0.39 is 23.0 Å². The maximum absolute atomic E-state index is 12.5. The van der Waals surface area contributed by atoms with Crippen LogP contribution >= 0.6 is 0 Å². The summed E-state index contributed by atoms with van der Waals surface area (Å²) in [6.45, 7) is 4.37. The van der Waals surface area contributed by atoms with Crippen LogP contribution in [0, 0.1) is 17.0 Å². The molecule has 3 aromatic carbocycles. The zero-order valence-electron chi connectivity index (χ0n) is 20.1. The molecule has 3 aromatic rings. The molecule has 2 amide bonds. The number of ether oxygens (including phenoxy) is 2. The van der Waals surface area contributed by atoms with Gasteiger partial charge in [-0.3, -0.25) is 24.5 Å². The maximum atomic E-state index is 12.5. The van der Waals surface area contributed by atoms with Crippen molar-refractivity contribution < 1.29 is 28.8 Å². The molecule has 0 bridgehead atoms. The molecule has 11 nitrogen and oxygen atoms in total. The second kappa shape index (κ2) is 10.3. The molecule has 0 saturated carbocycles. The average molecular weight is 502 g/mol. The van der Waals surface area contributed by atoms with E-state index in [-0.39, 0.29) is 28.8 Å². The van der Waals surface area contributed by atoms with Gasteiger partial charge in [-0.15, -0.1) is 5.10 Å². The summed E-state index contributed by atoms with van der Waals surface area (Å²) in [6, 6.07) is 17.4. The van der Waals surface area contributed by atoms with E-state index in [1.165, 1.54) is 26.0 Å². The number of anilines is 1. The fourth-order valence-electron chi connectivity index (χ4n) is 3.65. The number of hydrogen-bond donors (Lipinski definition) is 1. The van der Waals surface area contributed by atoms with Crippen molar-refractivity contribution in [2.24, 2.45) is 5.10 Å². The molecule has 0 saturated heterocycles. The summed E-state index contributed by atoms with van der Waals surface area (Å²) in [5.74, 6) is -1.49. The van der Waals surface area contributed by atoms with Crippen LogP contribution in [-0.4, -0.2) is 33.6 Å². The third kappa shape index (κ3) is 5.61. The molecule has 1 heterocycles. The van der Waals surface area contributed by atoms with E-state index in [9.17, 15) is 24.5 Å². The van der Waals surface area contributed by atoms with Crippen molar-refractivity contribution in [1.29, 1.82) is 0 Å². The summed E-state index contributed by atoms with van der Waals surface area (Å²) in [4.78, 5) is 47.1. The molecule has 1 atom stereocenters. The topological polar surface area (TPSA) is 140 Å². The van der Waals surface area contributed by atoms with Gasteiger partial charge >= 0.3 is 5.97 Å². The lowest BCUT2D eigenvalue weighted by molar-refractivity contribution is -0.384. The van der Waals surface area contributed by atoms with Gasteiger partial charge in [0.25, 0.3) is 11.6 Å². The van der Waals surface area contributed by atoms with Crippen LogP contribution in [0.5, 0.6) is 5.75 Å². The number of carbonyl (C=O) groups excluding carboxylic acids is 3. The Balaban J connectivity index is 1.59. The zero-order chi connectivity index (χ0) is 26.7. The molecule has 0 unspecified atom stereocenters. The molecule has 188 valence electrons. The summed E-state index contributed by atoms with van der Waals surface area (Å²) in [5, 5.41) is 19.4. The van der Waals surface area contributed by atoms with Crippen LogP contribution in [0.3, 0.4) is 0 Å². The van der Waals surface area contributed by atoms with Gasteiger partial charge in [-0.25, -0.2) is 0 Å². The fourth-order valence-corrected chi connectivity index (χ4v) is 3.65. The molecular formula is C26H22N4O7. The number of aryl methyl sites for hydroxylation is 1. The minimum Gasteiger partial charge on any atom is -0.446 e. The molecule has 1 N–H and O–H groups in total. The van der Waals surface area contributed by atoms with Gasteiger partial charge in [-0.1, -0.05) is 29.8 Å². The second-order valence-electron chi connectivity index (χ2n) is 8.22. The molecule has 0 fully saturated rings. The van der Waals surface area contributed by atoms with Crippen molar-refractivity contribution in [3.05, 3.63) is 99.1 Å². The van der Waals surface area contributed by atoms with Crippen LogP contribution in [0.1, 0.15) is 47.1 Å². The molecule has 0 spiro atoms. The SMILES string of the molecule is CC(=O)Oc1ccc([N+](=O)[O-])cc1C1=NN(C(C)=O)[C@H](c2ccc(NC(=O)c3cccc(C)c3)cc2)O1. The third-order valence-corrected chi connectivity index (χ3v) is 5.36. The highest BCUT2D eigenvalue weighted by molar-refractivity contribution is 6.04. The quantitative estimate of drug-likeness (QED) is 0.229. The zero-order valence-corrected chi connectivity index (χ0v) is 20.1. The van der Waals surface area contributed by atoms with Crippen LogP contribution in [0.25, 0.3) is 0 Å². The number of rotatable bonds is 6. The number of benzene rings is 3. The molecule has 4 rings (SSSR count). The van der Waals surface area contributed by atoms with Gasteiger partial charge in [-0.05, 0) is 37.3 Å². The first kappa shape index (κ1) is 25.0. The van der Waals surface area contributed by atoms with Crippen LogP contribution in [0.4, 0.5) is 11.4 Å². The number of non-ortho nitro benzene ring substituents is 1.